The molecule has 174 valence electrons. The number of nitrogens with one attached hydrogen (secondary N) is 2. The Labute approximate surface area is 194 Å². The minimum Gasteiger partial charge on any atom is -0.444 e. The lowest BCUT2D eigenvalue weighted by Crippen LogP contribution is -2.42. The van der Waals surface area contributed by atoms with Crippen molar-refractivity contribution in [3.05, 3.63) is 53.9 Å². The topological polar surface area (TPSA) is 92.7 Å². The van der Waals surface area contributed by atoms with E-state index in [1.54, 1.807) is 41.3 Å². The maximum absolute atomic E-state index is 12.7. The first-order valence-corrected chi connectivity index (χ1v) is 11.0. The number of benzene rings is 1. The molecule has 0 unspecified atom stereocenters. The van der Waals surface area contributed by atoms with Crippen molar-refractivity contribution in [2.24, 2.45) is 0 Å². The van der Waals surface area contributed by atoms with Crippen LogP contribution in [0.3, 0.4) is 0 Å². The summed E-state index contributed by atoms with van der Waals surface area (Å²) in [6, 6.07) is 10.6. The minimum atomic E-state index is -0.532. The summed E-state index contributed by atoms with van der Waals surface area (Å²) in [7, 11) is 0. The van der Waals surface area contributed by atoms with E-state index in [1.807, 2.05) is 31.5 Å². The molecule has 1 aliphatic heterocycles. The predicted octanol–water partition coefficient (Wildman–Crippen LogP) is 3.41. The zero-order valence-corrected chi connectivity index (χ0v) is 19.3. The van der Waals surface area contributed by atoms with E-state index >= 15 is 0 Å². The third-order valence-corrected chi connectivity index (χ3v) is 5.24. The number of aromatic nitrogens is 1. The molecule has 0 saturated carbocycles. The Hall–Kier alpha value is -3.73. The van der Waals surface area contributed by atoms with Crippen LogP contribution in [-0.2, 0) is 9.53 Å². The van der Waals surface area contributed by atoms with Crippen LogP contribution in [0.15, 0.2) is 42.6 Å². The maximum Gasteiger partial charge on any atom is 0.410 e. The van der Waals surface area contributed by atoms with Gasteiger partial charge >= 0.3 is 6.09 Å². The summed E-state index contributed by atoms with van der Waals surface area (Å²) < 4.78 is 7.36. The van der Waals surface area contributed by atoms with Crippen LogP contribution in [0.2, 0.25) is 0 Å². The van der Waals surface area contributed by atoms with Gasteiger partial charge in [0, 0.05) is 36.6 Å². The van der Waals surface area contributed by atoms with Gasteiger partial charge in [-0.1, -0.05) is 12.0 Å². The summed E-state index contributed by atoms with van der Waals surface area (Å²) in [4.78, 5) is 39.0. The summed E-state index contributed by atoms with van der Waals surface area (Å²) in [6.45, 7) is 6.47. The second-order valence-corrected chi connectivity index (χ2v) is 8.96. The first-order valence-electron chi connectivity index (χ1n) is 11.0. The van der Waals surface area contributed by atoms with Crippen molar-refractivity contribution in [3.8, 4) is 12.3 Å². The smallest absolute Gasteiger partial charge is 0.410 e. The molecule has 3 amide bonds. The Bertz CT molecular complexity index is 1050. The number of hydrogen-bond acceptors (Lipinski definition) is 4. The van der Waals surface area contributed by atoms with Gasteiger partial charge in [0.2, 0.25) is 5.91 Å². The second-order valence-electron chi connectivity index (χ2n) is 8.96. The molecule has 8 nitrogen and oxygen atoms in total. The molecule has 33 heavy (non-hydrogen) atoms. The number of carbonyl (C=O) groups is 3. The summed E-state index contributed by atoms with van der Waals surface area (Å²) in [5.74, 6) is 1.84. The van der Waals surface area contributed by atoms with Crippen molar-refractivity contribution in [3.63, 3.8) is 0 Å². The molecule has 0 bridgehead atoms. The normalized spacial score (nSPS) is 14.3. The number of terminal acetylenes is 1. The highest BCUT2D eigenvalue weighted by atomic mass is 16.6. The third kappa shape index (κ3) is 6.62. The minimum absolute atomic E-state index is 0.0831. The molecule has 2 N–H and O–H groups in total. The number of piperidine rings is 1. The molecule has 2 aromatic rings. The van der Waals surface area contributed by atoms with Crippen LogP contribution < -0.4 is 10.6 Å². The molecule has 1 fully saturated rings. The fourth-order valence-electron chi connectivity index (χ4n) is 3.70. The highest BCUT2D eigenvalue weighted by molar-refractivity contribution is 5.98. The van der Waals surface area contributed by atoms with E-state index in [4.69, 9.17) is 11.2 Å². The average Bonchev–Trinajstić information content (AvgIpc) is 3.26. The fourth-order valence-corrected chi connectivity index (χ4v) is 3.70. The first kappa shape index (κ1) is 23.9. The van der Waals surface area contributed by atoms with Crippen LogP contribution in [0.25, 0.3) is 0 Å². The number of rotatable bonds is 5. The summed E-state index contributed by atoms with van der Waals surface area (Å²) in [6.07, 6.45) is 8.33. The highest BCUT2D eigenvalue weighted by Gasteiger charge is 2.28. The fraction of sp³-hybridized carbons (Fsp3) is 0.400. The van der Waals surface area contributed by atoms with Crippen molar-refractivity contribution in [1.29, 1.82) is 0 Å². The molecule has 8 heteroatoms. The van der Waals surface area contributed by atoms with Crippen LogP contribution in [-0.4, -0.2) is 52.6 Å². The Morgan fingerprint density at radius 2 is 1.88 bits per heavy atom. The van der Waals surface area contributed by atoms with Crippen molar-refractivity contribution >= 4 is 23.6 Å². The third-order valence-electron chi connectivity index (χ3n) is 5.24. The molecule has 1 aromatic heterocycles. The van der Waals surface area contributed by atoms with Gasteiger partial charge in [-0.15, -0.1) is 6.42 Å². The monoisotopic (exact) mass is 450 g/mol. The number of carbonyl (C=O) groups excluding carboxylic acids is 3. The molecule has 0 radical (unpaired) electrons. The molecule has 1 aromatic carbocycles. The van der Waals surface area contributed by atoms with E-state index in [1.165, 1.54) is 0 Å². The summed E-state index contributed by atoms with van der Waals surface area (Å²) in [5, 5.41) is 5.39. The highest BCUT2D eigenvalue weighted by Crippen LogP contribution is 2.25. The molecule has 1 saturated heterocycles. The average molecular weight is 451 g/mol. The Balaban J connectivity index is 1.52. The predicted molar refractivity (Wildman–Crippen MR) is 126 cm³/mol. The second kappa shape index (κ2) is 10.3. The zero-order chi connectivity index (χ0) is 24.0. The standard InChI is InChI=1S/C25H30N4O4/c1-5-18-8-6-9-19(16-18)27-22(30)17-26-23(31)21-10-7-13-29(21)20-11-14-28(15-12-20)24(32)33-25(2,3)4/h1,6-10,13,16,20H,11-12,14-15,17H2,2-4H3,(H,26,31)(H,27,30). The SMILES string of the molecule is C#Cc1cccc(NC(=O)CNC(=O)c2cccn2C2CCN(C(=O)OC(C)(C)C)CC2)c1. The van der Waals surface area contributed by atoms with Gasteiger partial charge in [0.1, 0.15) is 11.3 Å². The molecular formula is C25H30N4O4. The number of anilines is 1. The van der Waals surface area contributed by atoms with Crippen molar-refractivity contribution < 1.29 is 19.1 Å². The van der Waals surface area contributed by atoms with Gasteiger partial charge in [0.25, 0.3) is 5.91 Å². The lowest BCUT2D eigenvalue weighted by molar-refractivity contribution is -0.115. The van der Waals surface area contributed by atoms with Gasteiger partial charge in [0.05, 0.1) is 6.54 Å². The molecule has 0 aliphatic carbocycles. The van der Waals surface area contributed by atoms with Gasteiger partial charge < -0.3 is 24.8 Å². The van der Waals surface area contributed by atoms with Gasteiger partial charge in [0.15, 0.2) is 0 Å². The lowest BCUT2D eigenvalue weighted by atomic mass is 10.0. The van der Waals surface area contributed by atoms with Crippen LogP contribution in [0.4, 0.5) is 10.5 Å². The number of nitrogens with zero attached hydrogens (tertiary/aromatic N) is 2. The van der Waals surface area contributed by atoms with E-state index < -0.39 is 5.60 Å². The maximum atomic E-state index is 12.7. The Morgan fingerprint density at radius 1 is 1.15 bits per heavy atom. The van der Waals surface area contributed by atoms with E-state index in [2.05, 4.69) is 16.6 Å². The van der Waals surface area contributed by atoms with Crippen LogP contribution >= 0.6 is 0 Å². The Morgan fingerprint density at radius 3 is 2.55 bits per heavy atom. The first-order chi connectivity index (χ1) is 15.7. The number of ether oxygens (including phenoxy) is 1. The van der Waals surface area contributed by atoms with Crippen molar-refractivity contribution in [2.75, 3.05) is 25.0 Å². The zero-order valence-electron chi connectivity index (χ0n) is 19.3. The number of hydrogen-bond donors (Lipinski definition) is 2. The van der Waals surface area contributed by atoms with E-state index in [0.717, 1.165) is 0 Å². The van der Waals surface area contributed by atoms with Crippen LogP contribution in [0, 0.1) is 12.3 Å². The Kier molecular flexibility index (Phi) is 7.44. The van der Waals surface area contributed by atoms with E-state index in [0.29, 0.717) is 42.9 Å². The molecule has 0 spiro atoms. The largest absolute Gasteiger partial charge is 0.444 e. The summed E-state index contributed by atoms with van der Waals surface area (Å²) in [5.41, 5.74) is 1.18. The van der Waals surface area contributed by atoms with Crippen molar-refractivity contribution in [1.82, 2.24) is 14.8 Å². The molecule has 1 aliphatic rings. The number of amides is 3. The van der Waals surface area contributed by atoms with Crippen molar-refractivity contribution in [2.45, 2.75) is 45.3 Å². The van der Waals surface area contributed by atoms with Gasteiger partial charge in [-0.2, -0.15) is 0 Å². The quantitative estimate of drug-likeness (QED) is 0.683. The van der Waals surface area contributed by atoms with Crippen LogP contribution in [0.5, 0.6) is 0 Å². The summed E-state index contributed by atoms with van der Waals surface area (Å²) >= 11 is 0. The molecule has 2 heterocycles. The van der Waals surface area contributed by atoms with E-state index in [9.17, 15) is 14.4 Å². The van der Waals surface area contributed by atoms with Crippen LogP contribution in [0.1, 0.15) is 55.7 Å². The molecule has 0 atom stereocenters. The van der Waals surface area contributed by atoms with Gasteiger partial charge in [-0.25, -0.2) is 4.79 Å². The molecule has 3 rings (SSSR count). The van der Waals surface area contributed by atoms with E-state index in [-0.39, 0.29) is 30.5 Å². The molecular weight excluding hydrogens is 420 g/mol. The van der Waals surface area contributed by atoms with Gasteiger partial charge in [-0.3, -0.25) is 9.59 Å². The van der Waals surface area contributed by atoms with Gasteiger partial charge in [-0.05, 0) is 63.9 Å². The number of likely N-dealkylation sites (tertiary alicyclic amines) is 1. The lowest BCUT2D eigenvalue weighted by Gasteiger charge is -2.34.